The van der Waals surface area contributed by atoms with Gasteiger partial charge in [0.05, 0.1) is 14.2 Å². The molecule has 0 radical (unpaired) electrons. The van der Waals surface area contributed by atoms with Crippen LogP contribution in [0.15, 0.2) is 34.8 Å². The number of ketones is 2. The third-order valence-corrected chi connectivity index (χ3v) is 6.09. The predicted octanol–water partition coefficient (Wildman–Crippen LogP) is 6.36. The Morgan fingerprint density at radius 3 is 1.59 bits per heavy atom. The highest BCUT2D eigenvalue weighted by Crippen LogP contribution is 2.28. The minimum atomic E-state index is -0.244. The first-order valence-electron chi connectivity index (χ1n) is 12.5. The van der Waals surface area contributed by atoms with E-state index in [0.717, 1.165) is 32.1 Å². The van der Waals surface area contributed by atoms with E-state index in [9.17, 15) is 9.59 Å². The minimum absolute atomic E-state index is 0.0165. The number of carbonyl (C=O) groups excluding carboxylic acids is 2. The Hall–Kier alpha value is -1.88. The molecule has 0 saturated heterocycles. The SMILES string of the molecule is COC1=C(OC)C(=O)C(CCCCCCCCCC=CCCCCCCCO)=C(C)C1=O. The van der Waals surface area contributed by atoms with Gasteiger partial charge in [0.1, 0.15) is 0 Å². The van der Waals surface area contributed by atoms with Gasteiger partial charge in [-0.3, -0.25) is 9.59 Å². The van der Waals surface area contributed by atoms with Crippen LogP contribution in [-0.4, -0.2) is 37.5 Å². The van der Waals surface area contributed by atoms with Gasteiger partial charge in [-0.25, -0.2) is 0 Å². The summed E-state index contributed by atoms with van der Waals surface area (Å²) in [6, 6.07) is 0. The molecule has 0 saturated carbocycles. The second-order valence-corrected chi connectivity index (χ2v) is 8.59. The fraction of sp³-hybridized carbons (Fsp3) is 0.704. The largest absolute Gasteiger partial charge is 0.489 e. The van der Waals surface area contributed by atoms with Crippen molar-refractivity contribution in [2.24, 2.45) is 0 Å². The van der Waals surface area contributed by atoms with Crippen LogP contribution in [0.25, 0.3) is 0 Å². The molecule has 32 heavy (non-hydrogen) atoms. The first-order chi connectivity index (χ1) is 15.6. The zero-order valence-corrected chi connectivity index (χ0v) is 20.5. The molecular weight excluding hydrogens is 404 g/mol. The van der Waals surface area contributed by atoms with Crippen LogP contribution in [-0.2, 0) is 19.1 Å². The molecular formula is C27H44O5. The number of Topliss-reactive ketones (excluding diaryl/α,β-unsaturated/α-hetero) is 2. The van der Waals surface area contributed by atoms with Gasteiger partial charge in [0.2, 0.25) is 23.1 Å². The third-order valence-electron chi connectivity index (χ3n) is 6.09. The smallest absolute Gasteiger partial charge is 0.228 e. The van der Waals surface area contributed by atoms with Crippen molar-refractivity contribution in [3.63, 3.8) is 0 Å². The third kappa shape index (κ3) is 10.2. The number of unbranched alkanes of at least 4 members (excludes halogenated alkanes) is 12. The normalized spacial score (nSPS) is 14.8. The molecule has 0 amide bonds. The van der Waals surface area contributed by atoms with Crippen molar-refractivity contribution in [2.45, 2.75) is 103 Å². The quantitative estimate of drug-likeness (QED) is 0.141. The van der Waals surface area contributed by atoms with Crippen LogP contribution in [0.1, 0.15) is 103 Å². The van der Waals surface area contributed by atoms with Crippen molar-refractivity contribution in [3.05, 3.63) is 34.8 Å². The Labute approximate surface area is 194 Å². The molecule has 5 heteroatoms. The molecule has 0 aromatic carbocycles. The number of ether oxygens (including phenoxy) is 2. The Kier molecular flexibility index (Phi) is 15.5. The van der Waals surface area contributed by atoms with Crippen LogP contribution >= 0.6 is 0 Å². The van der Waals surface area contributed by atoms with Crippen LogP contribution < -0.4 is 0 Å². The van der Waals surface area contributed by atoms with E-state index in [4.69, 9.17) is 14.6 Å². The lowest BCUT2D eigenvalue weighted by Gasteiger charge is -2.20. The highest BCUT2D eigenvalue weighted by molar-refractivity contribution is 6.23. The van der Waals surface area contributed by atoms with Gasteiger partial charge in [-0.15, -0.1) is 0 Å². The highest BCUT2D eigenvalue weighted by atomic mass is 16.5. The average molecular weight is 449 g/mol. The first kappa shape index (κ1) is 28.2. The number of hydrogen-bond acceptors (Lipinski definition) is 5. The van der Waals surface area contributed by atoms with E-state index in [-0.39, 0.29) is 23.1 Å². The fourth-order valence-electron chi connectivity index (χ4n) is 4.08. The van der Waals surface area contributed by atoms with Crippen LogP contribution in [0.3, 0.4) is 0 Å². The summed E-state index contributed by atoms with van der Waals surface area (Å²) in [5.41, 5.74) is 1.06. The lowest BCUT2D eigenvalue weighted by molar-refractivity contribution is -0.121. The van der Waals surface area contributed by atoms with Gasteiger partial charge >= 0.3 is 0 Å². The molecule has 0 bridgehead atoms. The van der Waals surface area contributed by atoms with Gasteiger partial charge < -0.3 is 14.6 Å². The van der Waals surface area contributed by atoms with E-state index in [1.165, 1.54) is 72.0 Å². The number of aliphatic hydroxyl groups is 1. The summed E-state index contributed by atoms with van der Waals surface area (Å²) in [4.78, 5) is 25.0. The molecule has 1 N–H and O–H groups in total. The molecule has 0 aromatic rings. The molecule has 0 heterocycles. The molecule has 1 aliphatic carbocycles. The van der Waals surface area contributed by atoms with Gasteiger partial charge in [-0.1, -0.05) is 63.5 Å². The summed E-state index contributed by atoms with van der Waals surface area (Å²) < 4.78 is 10.2. The number of methoxy groups -OCH3 is 2. The Morgan fingerprint density at radius 2 is 1.09 bits per heavy atom. The summed E-state index contributed by atoms with van der Waals surface area (Å²) in [6.07, 6.45) is 21.6. The van der Waals surface area contributed by atoms with Crippen molar-refractivity contribution in [3.8, 4) is 0 Å². The maximum absolute atomic E-state index is 12.6. The predicted molar refractivity (Wildman–Crippen MR) is 129 cm³/mol. The van der Waals surface area contributed by atoms with Crippen molar-refractivity contribution < 1.29 is 24.2 Å². The molecule has 0 atom stereocenters. The zero-order chi connectivity index (χ0) is 23.6. The minimum Gasteiger partial charge on any atom is -0.489 e. The van der Waals surface area contributed by atoms with Crippen LogP contribution in [0.2, 0.25) is 0 Å². The average Bonchev–Trinajstić information content (AvgIpc) is 2.80. The molecule has 0 unspecified atom stereocenters. The lowest BCUT2D eigenvalue weighted by atomic mass is 9.89. The van der Waals surface area contributed by atoms with Gasteiger partial charge in [-0.05, 0) is 51.9 Å². The van der Waals surface area contributed by atoms with E-state index < -0.39 is 0 Å². The van der Waals surface area contributed by atoms with Crippen LogP contribution in [0, 0.1) is 0 Å². The number of carbonyl (C=O) groups is 2. The summed E-state index contributed by atoms with van der Waals surface area (Å²) in [5.74, 6) is -0.407. The summed E-state index contributed by atoms with van der Waals surface area (Å²) in [6.45, 7) is 2.03. The number of allylic oxidation sites excluding steroid dienone is 4. The molecule has 0 fully saturated rings. The lowest BCUT2D eigenvalue weighted by Crippen LogP contribution is -2.25. The van der Waals surface area contributed by atoms with Crippen molar-refractivity contribution in [1.29, 1.82) is 0 Å². The molecule has 0 aromatic heterocycles. The molecule has 0 spiro atoms. The van der Waals surface area contributed by atoms with E-state index in [1.807, 2.05) is 0 Å². The number of rotatable bonds is 19. The van der Waals surface area contributed by atoms with Gasteiger partial charge in [-0.2, -0.15) is 0 Å². The highest BCUT2D eigenvalue weighted by Gasteiger charge is 2.34. The standard InChI is InChI=1S/C27H44O5/c1-22-23(25(30)27(32-3)26(31-2)24(22)29)20-18-16-14-12-10-8-6-4-5-7-9-11-13-15-17-19-21-28/h5,7,28H,4,6,8-21H2,1-3H3. The Bertz CT molecular complexity index is 657. The summed E-state index contributed by atoms with van der Waals surface area (Å²) in [7, 11) is 2.79. The van der Waals surface area contributed by atoms with Gasteiger partial charge in [0, 0.05) is 17.8 Å². The molecule has 1 aliphatic rings. The van der Waals surface area contributed by atoms with E-state index in [0.29, 0.717) is 24.2 Å². The maximum atomic E-state index is 12.6. The van der Waals surface area contributed by atoms with Crippen molar-refractivity contribution in [2.75, 3.05) is 20.8 Å². The molecule has 0 aliphatic heterocycles. The second kappa shape index (κ2) is 17.6. The molecule has 5 nitrogen and oxygen atoms in total. The van der Waals surface area contributed by atoms with E-state index in [2.05, 4.69) is 12.2 Å². The number of hydrogen-bond donors (Lipinski definition) is 1. The molecule has 182 valence electrons. The first-order valence-corrected chi connectivity index (χ1v) is 12.5. The second-order valence-electron chi connectivity index (χ2n) is 8.59. The Morgan fingerprint density at radius 1 is 0.656 bits per heavy atom. The van der Waals surface area contributed by atoms with Gasteiger partial charge in [0.25, 0.3) is 0 Å². The number of aliphatic hydroxyl groups excluding tert-OH is 1. The van der Waals surface area contributed by atoms with E-state index in [1.54, 1.807) is 6.92 Å². The topological polar surface area (TPSA) is 72.8 Å². The molecule has 1 rings (SSSR count). The zero-order valence-electron chi connectivity index (χ0n) is 20.5. The summed E-state index contributed by atoms with van der Waals surface area (Å²) in [5, 5.41) is 8.74. The van der Waals surface area contributed by atoms with Crippen molar-refractivity contribution >= 4 is 11.6 Å². The van der Waals surface area contributed by atoms with Crippen LogP contribution in [0.5, 0.6) is 0 Å². The fourth-order valence-corrected chi connectivity index (χ4v) is 4.08. The van der Waals surface area contributed by atoms with Gasteiger partial charge in [0.15, 0.2) is 0 Å². The Balaban J connectivity index is 2.06. The monoisotopic (exact) mass is 448 g/mol. The summed E-state index contributed by atoms with van der Waals surface area (Å²) >= 11 is 0. The van der Waals surface area contributed by atoms with Crippen LogP contribution in [0.4, 0.5) is 0 Å². The maximum Gasteiger partial charge on any atom is 0.228 e. The van der Waals surface area contributed by atoms with E-state index >= 15 is 0 Å². The van der Waals surface area contributed by atoms with Crippen molar-refractivity contribution in [1.82, 2.24) is 0 Å².